The molecule has 1 amide bonds. The minimum absolute atomic E-state index is 0.163. The lowest BCUT2D eigenvalue weighted by molar-refractivity contribution is -0.130. The van der Waals surface area contributed by atoms with Crippen molar-refractivity contribution in [2.24, 2.45) is 4.99 Å². The molecule has 1 aromatic heterocycles. The minimum atomic E-state index is 0.163. The second-order valence-corrected chi connectivity index (χ2v) is 6.16. The summed E-state index contributed by atoms with van der Waals surface area (Å²) < 4.78 is 0. The Morgan fingerprint density at radius 1 is 1.33 bits per heavy atom. The van der Waals surface area contributed by atoms with Gasteiger partial charge in [0.15, 0.2) is 5.96 Å². The second kappa shape index (κ2) is 8.67. The number of amides is 1. The van der Waals surface area contributed by atoms with Gasteiger partial charge in [-0.25, -0.2) is 0 Å². The average Bonchev–Trinajstić information content (AvgIpc) is 3.04. The number of nitrogens with one attached hydrogen (secondary N) is 2. The van der Waals surface area contributed by atoms with Gasteiger partial charge in [-0.05, 0) is 37.1 Å². The van der Waals surface area contributed by atoms with Gasteiger partial charge in [-0.15, -0.1) is 11.3 Å². The van der Waals surface area contributed by atoms with E-state index in [1.54, 1.807) is 18.4 Å². The van der Waals surface area contributed by atoms with E-state index in [-0.39, 0.29) is 5.91 Å². The van der Waals surface area contributed by atoms with Crippen LogP contribution in [0.3, 0.4) is 0 Å². The third-order valence-electron chi connectivity index (χ3n) is 3.58. The van der Waals surface area contributed by atoms with Crippen LogP contribution in [0.15, 0.2) is 22.5 Å². The zero-order valence-corrected chi connectivity index (χ0v) is 13.4. The van der Waals surface area contributed by atoms with Gasteiger partial charge < -0.3 is 15.5 Å². The molecule has 1 saturated heterocycles. The summed E-state index contributed by atoms with van der Waals surface area (Å²) in [4.78, 5) is 19.5. The Morgan fingerprint density at radius 2 is 2.14 bits per heavy atom. The zero-order valence-electron chi connectivity index (χ0n) is 12.6. The summed E-state index contributed by atoms with van der Waals surface area (Å²) in [6.07, 6.45) is 4.46. The second-order valence-electron chi connectivity index (χ2n) is 5.12. The number of carbonyl (C=O) groups excluding carboxylic acids is 1. The molecule has 0 unspecified atom stereocenters. The number of nitrogens with zero attached hydrogens (tertiary/aromatic N) is 2. The third kappa shape index (κ3) is 5.38. The number of piperidine rings is 1. The number of rotatable bonds is 5. The van der Waals surface area contributed by atoms with Gasteiger partial charge in [0.1, 0.15) is 0 Å². The molecule has 2 rings (SSSR count). The van der Waals surface area contributed by atoms with Crippen LogP contribution in [0.1, 0.15) is 24.1 Å². The van der Waals surface area contributed by atoms with Gasteiger partial charge in [0.05, 0.1) is 6.54 Å². The largest absolute Gasteiger partial charge is 0.356 e. The van der Waals surface area contributed by atoms with E-state index in [0.29, 0.717) is 12.5 Å². The molecule has 1 aliphatic rings. The van der Waals surface area contributed by atoms with E-state index >= 15 is 0 Å². The molecule has 6 heteroatoms. The van der Waals surface area contributed by atoms with E-state index in [1.165, 1.54) is 11.3 Å². The Balaban J connectivity index is 1.66. The fraction of sp³-hybridized carbons (Fsp3) is 0.600. The van der Waals surface area contributed by atoms with Crippen LogP contribution in [-0.4, -0.2) is 50.0 Å². The Kier molecular flexibility index (Phi) is 6.53. The van der Waals surface area contributed by atoms with Gasteiger partial charge in [-0.2, -0.15) is 0 Å². The predicted molar refractivity (Wildman–Crippen MR) is 87.8 cm³/mol. The molecule has 116 valence electrons. The van der Waals surface area contributed by atoms with Crippen molar-refractivity contribution in [1.82, 2.24) is 15.5 Å². The van der Waals surface area contributed by atoms with Crippen molar-refractivity contribution in [2.75, 3.05) is 33.2 Å². The highest BCUT2D eigenvalue weighted by atomic mass is 32.1. The minimum Gasteiger partial charge on any atom is -0.356 e. The van der Waals surface area contributed by atoms with Crippen LogP contribution < -0.4 is 10.6 Å². The van der Waals surface area contributed by atoms with Crippen molar-refractivity contribution in [1.29, 1.82) is 0 Å². The van der Waals surface area contributed by atoms with Crippen molar-refractivity contribution < 1.29 is 4.79 Å². The van der Waals surface area contributed by atoms with Crippen molar-refractivity contribution in [3.05, 3.63) is 22.4 Å². The molecule has 0 spiro atoms. The molecule has 1 fully saturated rings. The number of guanidine groups is 1. The molecule has 21 heavy (non-hydrogen) atoms. The first kappa shape index (κ1) is 15.8. The molecular formula is C15H24N4OS. The summed E-state index contributed by atoms with van der Waals surface area (Å²) in [6, 6.07) is 4.19. The fourth-order valence-electron chi connectivity index (χ4n) is 2.39. The summed E-state index contributed by atoms with van der Waals surface area (Å²) in [5, 5.41) is 8.42. The van der Waals surface area contributed by atoms with Crippen LogP contribution in [0, 0.1) is 0 Å². The molecule has 0 bridgehead atoms. The fourth-order valence-corrected chi connectivity index (χ4v) is 3.10. The molecular weight excluding hydrogens is 284 g/mol. The Hall–Kier alpha value is -1.56. The maximum atomic E-state index is 12.1. The van der Waals surface area contributed by atoms with Crippen molar-refractivity contribution in [3.63, 3.8) is 0 Å². The van der Waals surface area contributed by atoms with Gasteiger partial charge in [-0.3, -0.25) is 9.79 Å². The first-order valence-corrected chi connectivity index (χ1v) is 8.42. The first-order chi connectivity index (χ1) is 10.3. The highest BCUT2D eigenvalue weighted by Gasteiger charge is 2.16. The Morgan fingerprint density at radius 3 is 2.81 bits per heavy atom. The standard InChI is InChI=1S/C15H24N4OS/c1-16-15(17-8-7-13-6-5-11-21-13)18-12-14(20)19-9-3-2-4-10-19/h5-6,11H,2-4,7-10,12H2,1H3,(H2,16,17,18). The molecule has 1 aromatic rings. The lowest BCUT2D eigenvalue weighted by Gasteiger charge is -2.27. The number of thiophene rings is 1. The molecule has 0 aromatic carbocycles. The average molecular weight is 308 g/mol. The van der Waals surface area contributed by atoms with Crippen LogP contribution >= 0.6 is 11.3 Å². The predicted octanol–water partition coefficient (Wildman–Crippen LogP) is 1.47. The third-order valence-corrected chi connectivity index (χ3v) is 4.52. The quantitative estimate of drug-likeness (QED) is 0.640. The Labute approximate surface area is 130 Å². The van der Waals surface area contributed by atoms with E-state index in [4.69, 9.17) is 0 Å². The normalized spacial score (nSPS) is 15.9. The number of carbonyl (C=O) groups is 1. The monoisotopic (exact) mass is 308 g/mol. The SMILES string of the molecule is CN=C(NCCc1cccs1)NCC(=O)N1CCCCC1. The summed E-state index contributed by atoms with van der Waals surface area (Å²) in [5.41, 5.74) is 0. The molecule has 0 radical (unpaired) electrons. The summed E-state index contributed by atoms with van der Waals surface area (Å²) >= 11 is 1.76. The van der Waals surface area contributed by atoms with Crippen molar-refractivity contribution in [2.45, 2.75) is 25.7 Å². The number of likely N-dealkylation sites (tertiary alicyclic amines) is 1. The maximum absolute atomic E-state index is 12.1. The maximum Gasteiger partial charge on any atom is 0.241 e. The van der Waals surface area contributed by atoms with Crippen LogP contribution in [0.25, 0.3) is 0 Å². The molecule has 0 saturated carbocycles. The van der Waals surface area contributed by atoms with Crippen LogP contribution in [-0.2, 0) is 11.2 Å². The van der Waals surface area contributed by atoms with Crippen LogP contribution in [0.4, 0.5) is 0 Å². The molecule has 0 aliphatic carbocycles. The first-order valence-electron chi connectivity index (χ1n) is 7.54. The smallest absolute Gasteiger partial charge is 0.241 e. The summed E-state index contributed by atoms with van der Waals surface area (Å²) in [6.45, 7) is 2.92. The highest BCUT2D eigenvalue weighted by molar-refractivity contribution is 7.09. The molecule has 1 aliphatic heterocycles. The lowest BCUT2D eigenvalue weighted by atomic mass is 10.1. The van der Waals surface area contributed by atoms with Gasteiger partial charge in [0.25, 0.3) is 0 Å². The van der Waals surface area contributed by atoms with E-state index in [9.17, 15) is 4.79 Å². The van der Waals surface area contributed by atoms with Gasteiger partial charge in [-0.1, -0.05) is 6.07 Å². The van der Waals surface area contributed by atoms with Crippen molar-refractivity contribution >= 4 is 23.2 Å². The number of hydrogen-bond donors (Lipinski definition) is 2. The topological polar surface area (TPSA) is 56.7 Å². The molecule has 0 atom stereocenters. The van der Waals surface area contributed by atoms with E-state index in [1.807, 2.05) is 4.90 Å². The molecule has 2 heterocycles. The highest BCUT2D eigenvalue weighted by Crippen LogP contribution is 2.08. The summed E-state index contributed by atoms with van der Waals surface area (Å²) in [5.74, 6) is 0.854. The van der Waals surface area contributed by atoms with Crippen LogP contribution in [0.2, 0.25) is 0 Å². The van der Waals surface area contributed by atoms with Gasteiger partial charge >= 0.3 is 0 Å². The zero-order chi connectivity index (χ0) is 14.9. The van der Waals surface area contributed by atoms with E-state index in [2.05, 4.69) is 33.1 Å². The van der Waals surface area contributed by atoms with Crippen LogP contribution in [0.5, 0.6) is 0 Å². The lowest BCUT2D eigenvalue weighted by Crippen LogP contribution is -2.46. The molecule has 5 nitrogen and oxygen atoms in total. The van der Waals surface area contributed by atoms with Gasteiger partial charge in [0.2, 0.25) is 5.91 Å². The number of aliphatic imine (C=N–C) groups is 1. The van der Waals surface area contributed by atoms with E-state index < -0.39 is 0 Å². The number of hydrogen-bond acceptors (Lipinski definition) is 3. The Bertz CT molecular complexity index is 452. The van der Waals surface area contributed by atoms with E-state index in [0.717, 1.165) is 38.9 Å². The van der Waals surface area contributed by atoms with Gasteiger partial charge in [0, 0.05) is 31.6 Å². The van der Waals surface area contributed by atoms with Crippen molar-refractivity contribution in [3.8, 4) is 0 Å². The summed E-state index contributed by atoms with van der Waals surface area (Å²) in [7, 11) is 1.73. The molecule has 2 N–H and O–H groups in total.